The number of likely N-dealkylation sites (N-methyl/N-ethyl adjacent to an activating group) is 1. The molecular formula is C11H20N4O. The van der Waals surface area contributed by atoms with Gasteiger partial charge in [0.05, 0.1) is 5.60 Å². The summed E-state index contributed by atoms with van der Waals surface area (Å²) in [6.07, 6.45) is 1.72. The van der Waals surface area contributed by atoms with Gasteiger partial charge in [-0.3, -0.25) is 0 Å². The first-order valence-corrected chi connectivity index (χ1v) is 5.23. The normalized spacial score (nSPS) is 11.4. The molecule has 16 heavy (non-hydrogen) atoms. The summed E-state index contributed by atoms with van der Waals surface area (Å²) in [7, 11) is 5.70. The van der Waals surface area contributed by atoms with Crippen molar-refractivity contribution in [2.45, 2.75) is 19.4 Å². The van der Waals surface area contributed by atoms with Crippen molar-refractivity contribution in [2.24, 2.45) is 0 Å². The summed E-state index contributed by atoms with van der Waals surface area (Å²) < 4.78 is 0. The molecule has 0 bridgehead atoms. The standard InChI is InChI=1S/C11H20N4O/c1-11(2,16)8-15(5)9-6-7-12-10(13-9)14(3)4/h6-7,16H,8H2,1-5H3. The molecule has 0 fully saturated rings. The van der Waals surface area contributed by atoms with Crippen LogP contribution in [0.2, 0.25) is 0 Å². The van der Waals surface area contributed by atoms with Gasteiger partial charge in [-0.25, -0.2) is 4.98 Å². The lowest BCUT2D eigenvalue weighted by Crippen LogP contribution is -2.36. The molecule has 1 N–H and O–H groups in total. The molecule has 5 heteroatoms. The van der Waals surface area contributed by atoms with E-state index in [0.29, 0.717) is 12.5 Å². The van der Waals surface area contributed by atoms with Crippen LogP contribution >= 0.6 is 0 Å². The highest BCUT2D eigenvalue weighted by Crippen LogP contribution is 2.14. The first-order chi connectivity index (χ1) is 7.29. The minimum atomic E-state index is -0.738. The zero-order valence-corrected chi connectivity index (χ0v) is 10.6. The van der Waals surface area contributed by atoms with Crippen molar-refractivity contribution in [1.29, 1.82) is 0 Å². The predicted octanol–water partition coefficient (Wildman–Crippen LogP) is 0.750. The third-order valence-corrected chi connectivity index (χ3v) is 2.04. The highest BCUT2D eigenvalue weighted by atomic mass is 16.3. The molecule has 1 heterocycles. The van der Waals surface area contributed by atoms with Crippen molar-refractivity contribution in [3.05, 3.63) is 12.3 Å². The summed E-state index contributed by atoms with van der Waals surface area (Å²) in [5, 5.41) is 9.73. The monoisotopic (exact) mass is 224 g/mol. The van der Waals surface area contributed by atoms with Crippen LogP contribution in [0.15, 0.2) is 12.3 Å². The van der Waals surface area contributed by atoms with E-state index in [4.69, 9.17) is 0 Å². The van der Waals surface area contributed by atoms with Gasteiger partial charge in [0.2, 0.25) is 5.95 Å². The molecule has 90 valence electrons. The van der Waals surface area contributed by atoms with E-state index < -0.39 is 5.60 Å². The molecule has 0 aliphatic rings. The lowest BCUT2D eigenvalue weighted by Gasteiger charge is -2.26. The number of anilines is 2. The van der Waals surface area contributed by atoms with Gasteiger partial charge in [-0.05, 0) is 19.9 Å². The minimum absolute atomic E-state index is 0.525. The number of aromatic nitrogens is 2. The van der Waals surface area contributed by atoms with Gasteiger partial charge in [0.1, 0.15) is 5.82 Å². The molecule has 0 saturated carbocycles. The SMILES string of the molecule is CN(C)c1nccc(N(C)CC(C)(C)O)n1. The Kier molecular flexibility index (Phi) is 3.70. The van der Waals surface area contributed by atoms with Crippen LogP contribution in [-0.2, 0) is 0 Å². The largest absolute Gasteiger partial charge is 0.389 e. The van der Waals surface area contributed by atoms with Gasteiger partial charge < -0.3 is 14.9 Å². The van der Waals surface area contributed by atoms with Crippen LogP contribution in [0.5, 0.6) is 0 Å². The predicted molar refractivity (Wildman–Crippen MR) is 65.9 cm³/mol. The molecule has 0 aliphatic heterocycles. The van der Waals surface area contributed by atoms with E-state index in [9.17, 15) is 5.11 Å². The van der Waals surface area contributed by atoms with Crippen LogP contribution in [0.4, 0.5) is 11.8 Å². The van der Waals surface area contributed by atoms with Crippen LogP contribution in [0, 0.1) is 0 Å². The topological polar surface area (TPSA) is 52.5 Å². The Hall–Kier alpha value is -1.36. The fourth-order valence-electron chi connectivity index (χ4n) is 1.43. The molecule has 0 radical (unpaired) electrons. The van der Waals surface area contributed by atoms with E-state index in [2.05, 4.69) is 9.97 Å². The first kappa shape index (κ1) is 12.7. The van der Waals surface area contributed by atoms with Crippen molar-refractivity contribution < 1.29 is 5.11 Å². The maximum atomic E-state index is 9.73. The van der Waals surface area contributed by atoms with E-state index in [1.807, 2.05) is 37.0 Å². The van der Waals surface area contributed by atoms with Crippen molar-refractivity contribution in [3.63, 3.8) is 0 Å². The summed E-state index contributed by atoms with van der Waals surface area (Å²) >= 11 is 0. The summed E-state index contributed by atoms with van der Waals surface area (Å²) in [6, 6.07) is 1.83. The molecule has 0 aliphatic carbocycles. The number of nitrogens with zero attached hydrogens (tertiary/aromatic N) is 4. The maximum Gasteiger partial charge on any atom is 0.226 e. The minimum Gasteiger partial charge on any atom is -0.389 e. The number of rotatable bonds is 4. The Morgan fingerprint density at radius 1 is 1.31 bits per heavy atom. The molecule has 0 unspecified atom stereocenters. The molecular weight excluding hydrogens is 204 g/mol. The second-order valence-electron chi connectivity index (χ2n) is 4.78. The van der Waals surface area contributed by atoms with Crippen LogP contribution in [0.25, 0.3) is 0 Å². The van der Waals surface area contributed by atoms with Crippen LogP contribution < -0.4 is 9.80 Å². The third kappa shape index (κ3) is 3.66. The molecule has 0 aromatic carbocycles. The van der Waals surface area contributed by atoms with Gasteiger partial charge in [-0.1, -0.05) is 0 Å². The van der Waals surface area contributed by atoms with Gasteiger partial charge >= 0.3 is 0 Å². The zero-order chi connectivity index (χ0) is 12.3. The highest BCUT2D eigenvalue weighted by molar-refractivity contribution is 5.42. The van der Waals surface area contributed by atoms with Crippen LogP contribution in [0.1, 0.15) is 13.8 Å². The fourth-order valence-corrected chi connectivity index (χ4v) is 1.43. The van der Waals surface area contributed by atoms with Crippen molar-refractivity contribution >= 4 is 11.8 Å². The molecule has 0 spiro atoms. The molecule has 1 aromatic rings. The second-order valence-corrected chi connectivity index (χ2v) is 4.78. The maximum absolute atomic E-state index is 9.73. The van der Waals surface area contributed by atoms with Crippen LogP contribution in [0.3, 0.4) is 0 Å². The number of aliphatic hydroxyl groups is 1. The van der Waals surface area contributed by atoms with Gasteiger partial charge in [0, 0.05) is 33.9 Å². The summed E-state index contributed by atoms with van der Waals surface area (Å²) in [5.41, 5.74) is -0.738. The van der Waals surface area contributed by atoms with E-state index >= 15 is 0 Å². The van der Waals surface area contributed by atoms with E-state index in [0.717, 1.165) is 5.82 Å². The van der Waals surface area contributed by atoms with E-state index in [-0.39, 0.29) is 0 Å². The Bertz CT molecular complexity index is 346. The van der Waals surface area contributed by atoms with E-state index in [1.54, 1.807) is 20.0 Å². The molecule has 0 amide bonds. The Morgan fingerprint density at radius 2 is 1.94 bits per heavy atom. The second kappa shape index (κ2) is 4.65. The van der Waals surface area contributed by atoms with Crippen molar-refractivity contribution in [1.82, 2.24) is 9.97 Å². The van der Waals surface area contributed by atoms with Crippen LogP contribution in [-0.4, -0.2) is 48.4 Å². The molecule has 0 saturated heterocycles. The highest BCUT2D eigenvalue weighted by Gasteiger charge is 2.17. The fraction of sp³-hybridized carbons (Fsp3) is 0.636. The molecule has 0 atom stereocenters. The summed E-state index contributed by atoms with van der Waals surface area (Å²) in [6.45, 7) is 4.08. The molecule has 1 rings (SSSR count). The van der Waals surface area contributed by atoms with Crippen molar-refractivity contribution in [3.8, 4) is 0 Å². The average Bonchev–Trinajstić information content (AvgIpc) is 2.15. The van der Waals surface area contributed by atoms with Crippen molar-refractivity contribution in [2.75, 3.05) is 37.5 Å². The van der Waals surface area contributed by atoms with Gasteiger partial charge in [0.15, 0.2) is 0 Å². The smallest absolute Gasteiger partial charge is 0.226 e. The lowest BCUT2D eigenvalue weighted by molar-refractivity contribution is 0.0884. The third-order valence-electron chi connectivity index (χ3n) is 2.04. The zero-order valence-electron chi connectivity index (χ0n) is 10.6. The summed E-state index contributed by atoms with van der Waals surface area (Å²) in [5.74, 6) is 1.47. The molecule has 5 nitrogen and oxygen atoms in total. The first-order valence-electron chi connectivity index (χ1n) is 5.23. The molecule has 1 aromatic heterocycles. The Balaban J connectivity index is 2.83. The van der Waals surface area contributed by atoms with Gasteiger partial charge in [0.25, 0.3) is 0 Å². The Labute approximate surface area is 96.7 Å². The lowest BCUT2D eigenvalue weighted by atomic mass is 10.1. The quantitative estimate of drug-likeness (QED) is 0.818. The Morgan fingerprint density at radius 3 is 2.44 bits per heavy atom. The summed E-state index contributed by atoms with van der Waals surface area (Å²) in [4.78, 5) is 12.3. The number of hydrogen-bond acceptors (Lipinski definition) is 5. The van der Waals surface area contributed by atoms with Gasteiger partial charge in [-0.15, -0.1) is 0 Å². The van der Waals surface area contributed by atoms with Gasteiger partial charge in [-0.2, -0.15) is 4.98 Å². The van der Waals surface area contributed by atoms with E-state index in [1.165, 1.54) is 0 Å². The number of hydrogen-bond donors (Lipinski definition) is 1. The average molecular weight is 224 g/mol.